The number of pyridine rings is 1. The Labute approximate surface area is 70.4 Å². The summed E-state index contributed by atoms with van der Waals surface area (Å²) in [5.74, 6) is 0.0806. The lowest BCUT2D eigenvalue weighted by atomic mass is 10.3. The third kappa shape index (κ3) is 2.23. The van der Waals surface area contributed by atoms with Gasteiger partial charge in [-0.15, -0.1) is 0 Å². The van der Waals surface area contributed by atoms with Crippen LogP contribution < -0.4 is 5.73 Å². The first-order valence-electron chi connectivity index (χ1n) is 3.53. The van der Waals surface area contributed by atoms with Gasteiger partial charge in [-0.3, -0.25) is 4.79 Å². The number of nitrogens with zero attached hydrogens (tertiary/aromatic N) is 1. The summed E-state index contributed by atoms with van der Waals surface area (Å²) in [5, 5.41) is 0. The molecule has 0 spiro atoms. The smallest absolute Gasteiger partial charge is 0.302 e. The average molecular weight is 166 g/mol. The van der Waals surface area contributed by atoms with Gasteiger partial charge in [0, 0.05) is 18.7 Å². The van der Waals surface area contributed by atoms with E-state index in [2.05, 4.69) is 4.98 Å². The van der Waals surface area contributed by atoms with Crippen LogP contribution in [0.3, 0.4) is 0 Å². The van der Waals surface area contributed by atoms with Crippen LogP contribution in [0.2, 0.25) is 0 Å². The van der Waals surface area contributed by atoms with E-state index in [9.17, 15) is 4.79 Å². The molecule has 4 heteroatoms. The van der Waals surface area contributed by atoms with Crippen molar-refractivity contribution in [2.45, 2.75) is 13.5 Å². The molecule has 0 aliphatic heterocycles. The molecular formula is C8H10N2O2. The van der Waals surface area contributed by atoms with E-state index >= 15 is 0 Å². The highest BCUT2D eigenvalue weighted by Gasteiger charge is 2.00. The molecule has 12 heavy (non-hydrogen) atoms. The monoisotopic (exact) mass is 166 g/mol. The Morgan fingerprint density at radius 3 is 3.08 bits per heavy atom. The summed E-state index contributed by atoms with van der Waals surface area (Å²) in [6.45, 7) is 1.54. The number of nitrogen functional groups attached to an aromatic ring is 1. The first-order chi connectivity index (χ1) is 5.70. The Morgan fingerprint density at radius 1 is 1.75 bits per heavy atom. The summed E-state index contributed by atoms with van der Waals surface area (Å²) in [7, 11) is 0. The molecule has 0 aliphatic carbocycles. The van der Waals surface area contributed by atoms with Gasteiger partial charge >= 0.3 is 5.97 Å². The van der Waals surface area contributed by atoms with E-state index in [0.29, 0.717) is 5.82 Å². The standard InChI is InChI=1S/C8H10N2O2/c1-6(11)12-5-7-3-2-4-10-8(7)9/h2-4H,5H2,1H3,(H2,9,10). The van der Waals surface area contributed by atoms with Crippen LogP contribution in [0.15, 0.2) is 18.3 Å². The quantitative estimate of drug-likeness (QED) is 0.657. The van der Waals surface area contributed by atoms with Crippen LogP contribution in [0.1, 0.15) is 12.5 Å². The maximum Gasteiger partial charge on any atom is 0.302 e. The van der Waals surface area contributed by atoms with Crippen molar-refractivity contribution in [3.8, 4) is 0 Å². The number of esters is 1. The van der Waals surface area contributed by atoms with Gasteiger partial charge in [0.25, 0.3) is 0 Å². The van der Waals surface area contributed by atoms with Crippen molar-refractivity contribution in [2.75, 3.05) is 5.73 Å². The molecule has 0 unspecified atom stereocenters. The zero-order chi connectivity index (χ0) is 8.97. The molecule has 1 aromatic heterocycles. The molecule has 2 N–H and O–H groups in total. The molecular weight excluding hydrogens is 156 g/mol. The van der Waals surface area contributed by atoms with E-state index in [1.54, 1.807) is 18.3 Å². The van der Waals surface area contributed by atoms with E-state index in [-0.39, 0.29) is 12.6 Å². The van der Waals surface area contributed by atoms with E-state index in [0.717, 1.165) is 5.56 Å². The topological polar surface area (TPSA) is 65.2 Å². The molecule has 0 atom stereocenters. The molecule has 1 rings (SSSR count). The first kappa shape index (κ1) is 8.52. The second-order valence-electron chi connectivity index (χ2n) is 2.33. The lowest BCUT2D eigenvalue weighted by molar-refractivity contribution is -0.142. The fourth-order valence-corrected chi connectivity index (χ4v) is 0.752. The summed E-state index contributed by atoms with van der Waals surface area (Å²) in [4.78, 5) is 14.3. The molecule has 1 heterocycles. The van der Waals surface area contributed by atoms with Gasteiger partial charge in [0.15, 0.2) is 0 Å². The van der Waals surface area contributed by atoms with Crippen LogP contribution >= 0.6 is 0 Å². The van der Waals surface area contributed by atoms with Crippen LogP contribution in [0.5, 0.6) is 0 Å². The normalized spacial score (nSPS) is 9.42. The number of carbonyl (C=O) groups is 1. The molecule has 0 aliphatic rings. The SMILES string of the molecule is CC(=O)OCc1cccnc1N. The molecule has 0 bridgehead atoms. The van der Waals surface area contributed by atoms with Crippen molar-refractivity contribution < 1.29 is 9.53 Å². The zero-order valence-electron chi connectivity index (χ0n) is 6.78. The molecule has 4 nitrogen and oxygen atoms in total. The van der Waals surface area contributed by atoms with Gasteiger partial charge in [-0.1, -0.05) is 6.07 Å². The van der Waals surface area contributed by atoms with Gasteiger partial charge in [-0.25, -0.2) is 4.98 Å². The summed E-state index contributed by atoms with van der Waals surface area (Å²) >= 11 is 0. The summed E-state index contributed by atoms with van der Waals surface area (Å²) in [6.07, 6.45) is 1.59. The number of anilines is 1. The number of rotatable bonds is 2. The molecule has 0 fully saturated rings. The average Bonchev–Trinajstić information content (AvgIpc) is 2.03. The second-order valence-corrected chi connectivity index (χ2v) is 2.33. The number of aromatic nitrogens is 1. The predicted molar refractivity (Wildman–Crippen MR) is 44.1 cm³/mol. The van der Waals surface area contributed by atoms with Gasteiger partial charge in [0.1, 0.15) is 12.4 Å². The fraction of sp³-hybridized carbons (Fsp3) is 0.250. The summed E-state index contributed by atoms with van der Waals surface area (Å²) in [5.41, 5.74) is 6.23. The highest BCUT2D eigenvalue weighted by molar-refractivity contribution is 5.66. The van der Waals surface area contributed by atoms with Crippen molar-refractivity contribution in [1.82, 2.24) is 4.98 Å². The van der Waals surface area contributed by atoms with Crippen molar-refractivity contribution in [2.24, 2.45) is 0 Å². The highest BCUT2D eigenvalue weighted by Crippen LogP contribution is 2.07. The van der Waals surface area contributed by atoms with E-state index in [1.165, 1.54) is 6.92 Å². The Morgan fingerprint density at radius 2 is 2.50 bits per heavy atom. The van der Waals surface area contributed by atoms with E-state index in [1.807, 2.05) is 0 Å². The van der Waals surface area contributed by atoms with E-state index in [4.69, 9.17) is 10.5 Å². The van der Waals surface area contributed by atoms with Crippen molar-refractivity contribution in [3.05, 3.63) is 23.9 Å². The minimum absolute atomic E-state index is 0.189. The van der Waals surface area contributed by atoms with E-state index < -0.39 is 0 Å². The Kier molecular flexibility index (Phi) is 2.63. The van der Waals surface area contributed by atoms with Crippen LogP contribution in [0, 0.1) is 0 Å². The minimum Gasteiger partial charge on any atom is -0.461 e. The third-order valence-electron chi connectivity index (χ3n) is 1.36. The van der Waals surface area contributed by atoms with Gasteiger partial charge in [-0.05, 0) is 6.07 Å². The van der Waals surface area contributed by atoms with Crippen LogP contribution in [0.4, 0.5) is 5.82 Å². The molecule has 0 radical (unpaired) electrons. The van der Waals surface area contributed by atoms with Crippen LogP contribution in [-0.4, -0.2) is 11.0 Å². The Balaban J connectivity index is 2.63. The predicted octanol–water partition coefficient (Wildman–Crippen LogP) is 0.727. The fourth-order valence-electron chi connectivity index (χ4n) is 0.752. The van der Waals surface area contributed by atoms with Gasteiger partial charge in [-0.2, -0.15) is 0 Å². The summed E-state index contributed by atoms with van der Waals surface area (Å²) < 4.78 is 4.75. The molecule has 1 aromatic rings. The van der Waals surface area contributed by atoms with Crippen LogP contribution in [0.25, 0.3) is 0 Å². The number of ether oxygens (including phenoxy) is 1. The maximum atomic E-state index is 10.4. The molecule has 0 amide bonds. The molecule has 64 valence electrons. The molecule has 0 saturated heterocycles. The third-order valence-corrected chi connectivity index (χ3v) is 1.36. The number of hydrogen-bond acceptors (Lipinski definition) is 4. The van der Waals surface area contributed by atoms with Crippen molar-refractivity contribution in [3.63, 3.8) is 0 Å². The second kappa shape index (κ2) is 3.71. The number of nitrogens with two attached hydrogens (primary N) is 1. The van der Waals surface area contributed by atoms with Crippen molar-refractivity contribution in [1.29, 1.82) is 0 Å². The molecule has 0 saturated carbocycles. The van der Waals surface area contributed by atoms with Gasteiger partial charge in [0.05, 0.1) is 0 Å². The zero-order valence-corrected chi connectivity index (χ0v) is 6.78. The Bertz CT molecular complexity index is 286. The van der Waals surface area contributed by atoms with Gasteiger partial charge < -0.3 is 10.5 Å². The lowest BCUT2D eigenvalue weighted by Gasteiger charge is -2.03. The van der Waals surface area contributed by atoms with Crippen molar-refractivity contribution >= 4 is 11.8 Å². The maximum absolute atomic E-state index is 10.4. The minimum atomic E-state index is -0.321. The van der Waals surface area contributed by atoms with Gasteiger partial charge in [0.2, 0.25) is 0 Å². The first-order valence-corrected chi connectivity index (χ1v) is 3.53. The lowest BCUT2D eigenvalue weighted by Crippen LogP contribution is -2.02. The summed E-state index contributed by atoms with van der Waals surface area (Å²) in [6, 6.07) is 3.51. The number of hydrogen-bond donors (Lipinski definition) is 1. The molecule has 0 aromatic carbocycles. The van der Waals surface area contributed by atoms with Crippen LogP contribution in [-0.2, 0) is 16.1 Å². The highest BCUT2D eigenvalue weighted by atomic mass is 16.5. The number of carbonyl (C=O) groups excluding carboxylic acids is 1. The largest absolute Gasteiger partial charge is 0.461 e. The Hall–Kier alpha value is -1.58.